The quantitative estimate of drug-likeness (QED) is 0.756. The Balaban J connectivity index is 1.75. The van der Waals surface area contributed by atoms with E-state index in [1.807, 2.05) is 24.3 Å². The molecule has 22 heavy (non-hydrogen) atoms. The third-order valence-electron chi connectivity index (χ3n) is 4.40. The number of rotatable bonds is 6. The SMILES string of the molecule is CNC(=O)c1ccc(CNC(C)CC2CCCCCN2)cc1. The fourth-order valence-electron chi connectivity index (χ4n) is 3.02. The molecule has 0 aliphatic carbocycles. The van der Waals surface area contributed by atoms with Crippen LogP contribution in [0, 0.1) is 0 Å². The number of benzene rings is 1. The minimum absolute atomic E-state index is 0.0349. The zero-order chi connectivity index (χ0) is 15.8. The van der Waals surface area contributed by atoms with Crippen molar-refractivity contribution in [2.45, 2.75) is 57.7 Å². The van der Waals surface area contributed by atoms with E-state index >= 15 is 0 Å². The van der Waals surface area contributed by atoms with E-state index in [2.05, 4.69) is 22.9 Å². The number of hydrogen-bond acceptors (Lipinski definition) is 3. The summed E-state index contributed by atoms with van der Waals surface area (Å²) >= 11 is 0. The monoisotopic (exact) mass is 303 g/mol. The minimum Gasteiger partial charge on any atom is -0.355 e. The summed E-state index contributed by atoms with van der Waals surface area (Å²) < 4.78 is 0. The summed E-state index contributed by atoms with van der Waals surface area (Å²) in [6.45, 7) is 4.27. The first-order valence-corrected chi connectivity index (χ1v) is 8.47. The molecule has 1 fully saturated rings. The molecule has 0 spiro atoms. The van der Waals surface area contributed by atoms with Crippen molar-refractivity contribution in [3.63, 3.8) is 0 Å². The molecule has 4 nitrogen and oxygen atoms in total. The first-order chi connectivity index (χ1) is 10.7. The topological polar surface area (TPSA) is 53.2 Å². The van der Waals surface area contributed by atoms with Gasteiger partial charge in [0.1, 0.15) is 0 Å². The Hall–Kier alpha value is -1.39. The number of amides is 1. The molecule has 1 aromatic rings. The van der Waals surface area contributed by atoms with Crippen LogP contribution in [0.1, 0.15) is 54.9 Å². The summed E-state index contributed by atoms with van der Waals surface area (Å²) in [4.78, 5) is 11.5. The van der Waals surface area contributed by atoms with Gasteiger partial charge in [0, 0.05) is 31.2 Å². The molecule has 3 N–H and O–H groups in total. The van der Waals surface area contributed by atoms with E-state index in [9.17, 15) is 4.79 Å². The smallest absolute Gasteiger partial charge is 0.251 e. The van der Waals surface area contributed by atoms with Gasteiger partial charge in [-0.3, -0.25) is 4.79 Å². The van der Waals surface area contributed by atoms with Crippen LogP contribution in [0.4, 0.5) is 0 Å². The zero-order valence-corrected chi connectivity index (χ0v) is 13.8. The Kier molecular flexibility index (Phi) is 6.87. The molecular formula is C18H29N3O. The Labute approximate surface area is 134 Å². The van der Waals surface area contributed by atoms with Gasteiger partial charge in [-0.05, 0) is 50.4 Å². The van der Waals surface area contributed by atoms with Crippen molar-refractivity contribution in [3.8, 4) is 0 Å². The molecule has 1 heterocycles. The highest BCUT2D eigenvalue weighted by atomic mass is 16.1. The summed E-state index contributed by atoms with van der Waals surface area (Å²) in [5, 5.41) is 9.88. The summed E-state index contributed by atoms with van der Waals surface area (Å²) in [5.41, 5.74) is 1.93. The van der Waals surface area contributed by atoms with Crippen LogP contribution >= 0.6 is 0 Å². The third-order valence-corrected chi connectivity index (χ3v) is 4.40. The van der Waals surface area contributed by atoms with Gasteiger partial charge in [0.2, 0.25) is 0 Å². The summed E-state index contributed by atoms with van der Waals surface area (Å²) in [5.74, 6) is -0.0349. The van der Waals surface area contributed by atoms with Crippen molar-refractivity contribution >= 4 is 5.91 Å². The minimum atomic E-state index is -0.0349. The molecule has 4 heteroatoms. The van der Waals surface area contributed by atoms with Crippen LogP contribution in [-0.4, -0.2) is 31.6 Å². The molecule has 0 radical (unpaired) electrons. The van der Waals surface area contributed by atoms with Gasteiger partial charge in [0.25, 0.3) is 5.91 Å². The molecule has 0 aromatic heterocycles. The van der Waals surface area contributed by atoms with Gasteiger partial charge < -0.3 is 16.0 Å². The lowest BCUT2D eigenvalue weighted by Crippen LogP contribution is -2.36. The molecule has 122 valence electrons. The lowest BCUT2D eigenvalue weighted by Gasteiger charge is -2.21. The molecule has 2 atom stereocenters. The fraction of sp³-hybridized carbons (Fsp3) is 0.611. The highest BCUT2D eigenvalue weighted by molar-refractivity contribution is 5.93. The van der Waals surface area contributed by atoms with Crippen LogP contribution in [-0.2, 0) is 6.54 Å². The molecule has 1 aromatic carbocycles. The highest BCUT2D eigenvalue weighted by Gasteiger charge is 2.14. The standard InChI is InChI=1S/C18H29N3O/c1-14(12-17-6-4-3-5-11-20-17)21-13-15-7-9-16(10-8-15)18(22)19-2/h7-10,14,17,20-21H,3-6,11-13H2,1-2H3,(H,19,22). The molecule has 0 bridgehead atoms. The van der Waals surface area contributed by atoms with Gasteiger partial charge in [-0.15, -0.1) is 0 Å². The zero-order valence-electron chi connectivity index (χ0n) is 13.8. The van der Waals surface area contributed by atoms with Gasteiger partial charge in [-0.2, -0.15) is 0 Å². The van der Waals surface area contributed by atoms with Crippen LogP contribution in [0.25, 0.3) is 0 Å². The first kappa shape index (κ1) is 17.0. The summed E-state index contributed by atoms with van der Waals surface area (Å²) in [6, 6.07) is 8.96. The lowest BCUT2D eigenvalue weighted by molar-refractivity contribution is 0.0963. The molecule has 1 aliphatic heterocycles. The van der Waals surface area contributed by atoms with Crippen molar-refractivity contribution in [2.24, 2.45) is 0 Å². The molecule has 1 amide bonds. The molecule has 1 saturated heterocycles. The van der Waals surface area contributed by atoms with E-state index in [0.717, 1.165) is 6.54 Å². The molecule has 2 rings (SSSR count). The summed E-state index contributed by atoms with van der Waals surface area (Å²) in [7, 11) is 1.65. The maximum Gasteiger partial charge on any atom is 0.251 e. The largest absolute Gasteiger partial charge is 0.355 e. The van der Waals surface area contributed by atoms with E-state index in [4.69, 9.17) is 0 Å². The Morgan fingerprint density at radius 1 is 1.27 bits per heavy atom. The molecule has 2 unspecified atom stereocenters. The predicted molar refractivity (Wildman–Crippen MR) is 91.0 cm³/mol. The fourth-order valence-corrected chi connectivity index (χ4v) is 3.02. The van der Waals surface area contributed by atoms with Crippen molar-refractivity contribution in [1.82, 2.24) is 16.0 Å². The number of hydrogen-bond donors (Lipinski definition) is 3. The maximum atomic E-state index is 11.5. The summed E-state index contributed by atoms with van der Waals surface area (Å²) in [6.07, 6.45) is 6.51. The van der Waals surface area contributed by atoms with Crippen LogP contribution in [0.3, 0.4) is 0 Å². The number of nitrogens with one attached hydrogen (secondary N) is 3. The first-order valence-electron chi connectivity index (χ1n) is 8.47. The van der Waals surface area contributed by atoms with Crippen molar-refractivity contribution in [3.05, 3.63) is 35.4 Å². The van der Waals surface area contributed by atoms with Crippen molar-refractivity contribution in [2.75, 3.05) is 13.6 Å². The Morgan fingerprint density at radius 3 is 2.77 bits per heavy atom. The van der Waals surface area contributed by atoms with Gasteiger partial charge >= 0.3 is 0 Å². The van der Waals surface area contributed by atoms with Gasteiger partial charge in [-0.1, -0.05) is 25.0 Å². The Morgan fingerprint density at radius 2 is 2.05 bits per heavy atom. The van der Waals surface area contributed by atoms with Gasteiger partial charge in [-0.25, -0.2) is 0 Å². The average Bonchev–Trinajstić information content (AvgIpc) is 2.81. The van der Waals surface area contributed by atoms with Gasteiger partial charge in [0.05, 0.1) is 0 Å². The average molecular weight is 303 g/mol. The van der Waals surface area contributed by atoms with Crippen LogP contribution in [0.5, 0.6) is 0 Å². The molecule has 0 saturated carbocycles. The van der Waals surface area contributed by atoms with Crippen LogP contribution in [0.15, 0.2) is 24.3 Å². The van der Waals surface area contributed by atoms with Crippen LogP contribution in [0.2, 0.25) is 0 Å². The maximum absolute atomic E-state index is 11.5. The predicted octanol–water partition coefficient (Wildman–Crippen LogP) is 2.45. The number of carbonyl (C=O) groups excluding carboxylic acids is 1. The second-order valence-electron chi connectivity index (χ2n) is 6.29. The van der Waals surface area contributed by atoms with Gasteiger partial charge in [0.15, 0.2) is 0 Å². The van der Waals surface area contributed by atoms with E-state index in [0.29, 0.717) is 17.6 Å². The van der Waals surface area contributed by atoms with E-state index < -0.39 is 0 Å². The second kappa shape index (κ2) is 8.91. The number of carbonyl (C=O) groups is 1. The third kappa shape index (κ3) is 5.43. The van der Waals surface area contributed by atoms with Crippen molar-refractivity contribution < 1.29 is 4.79 Å². The molecular weight excluding hydrogens is 274 g/mol. The normalized spacial score (nSPS) is 20.2. The van der Waals surface area contributed by atoms with E-state index in [1.54, 1.807) is 7.05 Å². The molecule has 1 aliphatic rings. The van der Waals surface area contributed by atoms with Crippen LogP contribution < -0.4 is 16.0 Å². The van der Waals surface area contributed by atoms with E-state index in [-0.39, 0.29) is 5.91 Å². The van der Waals surface area contributed by atoms with E-state index in [1.165, 1.54) is 44.2 Å². The lowest BCUT2D eigenvalue weighted by atomic mass is 10.0. The van der Waals surface area contributed by atoms with Crippen molar-refractivity contribution in [1.29, 1.82) is 0 Å². The highest BCUT2D eigenvalue weighted by Crippen LogP contribution is 2.13. The second-order valence-corrected chi connectivity index (χ2v) is 6.29. The Bertz CT molecular complexity index is 450.